The lowest BCUT2D eigenvalue weighted by Crippen LogP contribution is -2.07. The van der Waals surface area contributed by atoms with Crippen LogP contribution >= 0.6 is 0 Å². The van der Waals surface area contributed by atoms with Gasteiger partial charge in [0, 0.05) is 17.3 Å². The number of alkyl halides is 3. The summed E-state index contributed by atoms with van der Waals surface area (Å²) < 4.78 is 39.6. The number of anilines is 1. The second kappa shape index (κ2) is 4.01. The average molecular weight is 267 g/mol. The maximum atomic E-state index is 12.7. The molecule has 1 heterocycles. The molecule has 0 unspecified atom stereocenters. The van der Waals surface area contributed by atoms with E-state index in [1.807, 2.05) is 0 Å². The van der Waals surface area contributed by atoms with Gasteiger partial charge in [0.15, 0.2) is 5.69 Å². The molecular weight excluding hydrogens is 255 g/mol. The van der Waals surface area contributed by atoms with Crippen molar-refractivity contribution in [3.05, 3.63) is 41.7 Å². The largest absolute Gasteiger partial charge is 0.435 e. The molecule has 1 aliphatic carbocycles. The van der Waals surface area contributed by atoms with Gasteiger partial charge < -0.3 is 5.73 Å². The van der Waals surface area contributed by atoms with Gasteiger partial charge in [-0.15, -0.1) is 0 Å². The van der Waals surface area contributed by atoms with E-state index in [9.17, 15) is 13.2 Å². The summed E-state index contributed by atoms with van der Waals surface area (Å²) in [5, 5.41) is 3.69. The lowest BCUT2D eigenvalue weighted by molar-refractivity contribution is -0.141. The van der Waals surface area contributed by atoms with E-state index in [2.05, 4.69) is 5.10 Å². The van der Waals surface area contributed by atoms with Gasteiger partial charge >= 0.3 is 6.18 Å². The first-order valence-electron chi connectivity index (χ1n) is 5.98. The molecule has 0 saturated heterocycles. The van der Waals surface area contributed by atoms with Gasteiger partial charge in [-0.3, -0.25) is 0 Å². The first-order chi connectivity index (χ1) is 8.95. The first kappa shape index (κ1) is 12.1. The maximum Gasteiger partial charge on any atom is 0.435 e. The van der Waals surface area contributed by atoms with E-state index in [4.69, 9.17) is 5.73 Å². The van der Waals surface area contributed by atoms with Crippen LogP contribution < -0.4 is 5.73 Å². The summed E-state index contributed by atoms with van der Waals surface area (Å²) in [7, 11) is 0. The molecule has 2 aromatic rings. The number of halogens is 3. The molecule has 0 amide bonds. The highest BCUT2D eigenvalue weighted by Crippen LogP contribution is 2.42. The van der Waals surface area contributed by atoms with E-state index in [1.165, 1.54) is 4.68 Å². The number of aromatic nitrogens is 2. The van der Waals surface area contributed by atoms with Crippen molar-refractivity contribution >= 4 is 5.69 Å². The first-order valence-corrected chi connectivity index (χ1v) is 5.98. The van der Waals surface area contributed by atoms with Gasteiger partial charge in [-0.1, -0.05) is 0 Å². The molecule has 3 rings (SSSR count). The number of hydrogen-bond acceptors (Lipinski definition) is 2. The predicted molar refractivity (Wildman–Crippen MR) is 65.0 cm³/mol. The second-order valence-electron chi connectivity index (χ2n) is 4.73. The van der Waals surface area contributed by atoms with Crippen LogP contribution in [0.2, 0.25) is 0 Å². The molecule has 0 atom stereocenters. The van der Waals surface area contributed by atoms with Crippen molar-refractivity contribution in [1.82, 2.24) is 9.78 Å². The molecule has 2 N–H and O–H groups in total. The molecule has 1 aromatic carbocycles. The molecule has 6 heteroatoms. The molecule has 1 fully saturated rings. The lowest BCUT2D eigenvalue weighted by atomic mass is 10.2. The van der Waals surface area contributed by atoms with Gasteiger partial charge in [-0.2, -0.15) is 18.3 Å². The summed E-state index contributed by atoms with van der Waals surface area (Å²) >= 11 is 0. The molecule has 0 spiro atoms. The third-order valence-electron chi connectivity index (χ3n) is 3.16. The van der Waals surface area contributed by atoms with E-state index in [1.54, 1.807) is 24.3 Å². The standard InChI is InChI=1S/C13H12F3N3/c14-13(15,16)12-7-11(8-1-2-8)19(18-12)10-5-3-9(17)4-6-10/h3-8H,1-2,17H2. The van der Waals surface area contributed by atoms with E-state index in [0.717, 1.165) is 18.9 Å². The monoisotopic (exact) mass is 267 g/mol. The minimum absolute atomic E-state index is 0.182. The van der Waals surface area contributed by atoms with E-state index in [-0.39, 0.29) is 5.92 Å². The van der Waals surface area contributed by atoms with E-state index in [0.29, 0.717) is 17.1 Å². The Morgan fingerprint density at radius 2 is 1.79 bits per heavy atom. The topological polar surface area (TPSA) is 43.8 Å². The number of benzene rings is 1. The van der Waals surface area contributed by atoms with E-state index >= 15 is 0 Å². The number of hydrogen-bond donors (Lipinski definition) is 1. The number of nitrogen functional groups attached to an aromatic ring is 1. The Balaban J connectivity index is 2.08. The smallest absolute Gasteiger partial charge is 0.399 e. The van der Waals surface area contributed by atoms with Crippen molar-refractivity contribution in [2.45, 2.75) is 24.9 Å². The van der Waals surface area contributed by atoms with Crippen LogP contribution in [0.25, 0.3) is 5.69 Å². The van der Waals surface area contributed by atoms with Crippen LogP contribution in [0.5, 0.6) is 0 Å². The zero-order valence-electron chi connectivity index (χ0n) is 9.98. The number of nitrogens with zero attached hydrogens (tertiary/aromatic N) is 2. The fourth-order valence-electron chi connectivity index (χ4n) is 2.03. The van der Waals surface area contributed by atoms with Crippen LogP contribution in [0.3, 0.4) is 0 Å². The SMILES string of the molecule is Nc1ccc(-n2nc(C(F)(F)F)cc2C2CC2)cc1. The van der Waals surface area contributed by atoms with Crippen LogP contribution in [0.4, 0.5) is 18.9 Å². The van der Waals surface area contributed by atoms with Crippen molar-refractivity contribution in [2.24, 2.45) is 0 Å². The summed E-state index contributed by atoms with van der Waals surface area (Å²) in [4.78, 5) is 0. The molecule has 3 nitrogen and oxygen atoms in total. The van der Waals surface area contributed by atoms with Gasteiger partial charge in [-0.25, -0.2) is 4.68 Å². The number of nitrogens with two attached hydrogens (primary N) is 1. The van der Waals surface area contributed by atoms with E-state index < -0.39 is 11.9 Å². The fraction of sp³-hybridized carbons (Fsp3) is 0.308. The van der Waals surface area contributed by atoms with Gasteiger partial charge in [-0.05, 0) is 43.2 Å². The van der Waals surface area contributed by atoms with Crippen molar-refractivity contribution in [3.63, 3.8) is 0 Å². The maximum absolute atomic E-state index is 12.7. The summed E-state index contributed by atoms with van der Waals surface area (Å²) in [6, 6.07) is 7.80. The van der Waals surface area contributed by atoms with Gasteiger partial charge in [0.05, 0.1) is 5.69 Å². The summed E-state index contributed by atoms with van der Waals surface area (Å²) in [5.41, 5.74) is 6.53. The highest BCUT2D eigenvalue weighted by atomic mass is 19.4. The van der Waals surface area contributed by atoms with Crippen LogP contribution in [0, 0.1) is 0 Å². The highest BCUT2D eigenvalue weighted by Gasteiger charge is 2.38. The predicted octanol–water partition coefficient (Wildman–Crippen LogP) is 3.35. The summed E-state index contributed by atoms with van der Waals surface area (Å²) in [6.45, 7) is 0. The Bertz CT molecular complexity index is 595. The van der Waals surface area contributed by atoms with Crippen molar-refractivity contribution in [2.75, 3.05) is 5.73 Å². The Kier molecular flexibility index (Phi) is 2.55. The molecule has 0 aliphatic heterocycles. The quantitative estimate of drug-likeness (QED) is 0.848. The fourth-order valence-corrected chi connectivity index (χ4v) is 2.03. The molecular formula is C13H12F3N3. The molecule has 0 radical (unpaired) electrons. The highest BCUT2D eigenvalue weighted by molar-refractivity contribution is 5.46. The Hall–Kier alpha value is -1.98. The van der Waals surface area contributed by atoms with Crippen LogP contribution in [-0.2, 0) is 6.18 Å². The minimum Gasteiger partial charge on any atom is -0.399 e. The normalized spacial score (nSPS) is 15.7. The Morgan fingerprint density at radius 3 is 2.32 bits per heavy atom. The van der Waals surface area contributed by atoms with Crippen molar-refractivity contribution in [1.29, 1.82) is 0 Å². The summed E-state index contributed by atoms with van der Waals surface area (Å²) in [6.07, 6.45) is -2.58. The van der Waals surface area contributed by atoms with Crippen molar-refractivity contribution < 1.29 is 13.2 Å². The Morgan fingerprint density at radius 1 is 1.16 bits per heavy atom. The van der Waals surface area contributed by atoms with Crippen molar-refractivity contribution in [3.8, 4) is 5.69 Å². The zero-order valence-corrected chi connectivity index (χ0v) is 9.98. The van der Waals surface area contributed by atoms with Gasteiger partial charge in [0.25, 0.3) is 0 Å². The molecule has 1 aliphatic rings. The molecule has 1 aromatic heterocycles. The van der Waals surface area contributed by atoms with Crippen LogP contribution in [0.1, 0.15) is 30.1 Å². The minimum atomic E-state index is -4.41. The third kappa shape index (κ3) is 2.30. The average Bonchev–Trinajstić information content (AvgIpc) is 3.08. The van der Waals surface area contributed by atoms with Gasteiger partial charge in [0.1, 0.15) is 0 Å². The molecule has 1 saturated carbocycles. The molecule has 19 heavy (non-hydrogen) atoms. The number of rotatable bonds is 2. The molecule has 0 bridgehead atoms. The lowest BCUT2D eigenvalue weighted by Gasteiger charge is -2.06. The van der Waals surface area contributed by atoms with Crippen LogP contribution in [0.15, 0.2) is 30.3 Å². The second-order valence-corrected chi connectivity index (χ2v) is 4.73. The third-order valence-corrected chi connectivity index (χ3v) is 3.16. The Labute approximate surface area is 107 Å². The van der Waals surface area contributed by atoms with Gasteiger partial charge in [0.2, 0.25) is 0 Å². The summed E-state index contributed by atoms with van der Waals surface area (Å²) in [5.74, 6) is 0.182. The van der Waals surface area contributed by atoms with Crippen LogP contribution in [-0.4, -0.2) is 9.78 Å². The molecule has 100 valence electrons. The zero-order chi connectivity index (χ0) is 13.6.